The molecular weight excluding hydrogens is 344 g/mol. The quantitative estimate of drug-likeness (QED) is 0.555. The van der Waals surface area contributed by atoms with E-state index in [4.69, 9.17) is 0 Å². The molecule has 2 aromatic carbocycles. The summed E-state index contributed by atoms with van der Waals surface area (Å²) in [5.74, 6) is 0.988. The number of hydrogen-bond acceptors (Lipinski definition) is 2. The maximum Gasteiger partial charge on any atom is 0.123 e. The summed E-state index contributed by atoms with van der Waals surface area (Å²) < 4.78 is 0. The van der Waals surface area contributed by atoms with Gasteiger partial charge in [-0.15, -0.1) is 0 Å². The molecular formula is C26H38O2. The van der Waals surface area contributed by atoms with Crippen LogP contribution in [0.4, 0.5) is 0 Å². The molecule has 0 saturated carbocycles. The summed E-state index contributed by atoms with van der Waals surface area (Å²) in [6.45, 7) is 17.1. The molecule has 2 heteroatoms. The highest BCUT2D eigenvalue weighted by Gasteiger charge is 2.27. The Balaban J connectivity index is 2.78. The summed E-state index contributed by atoms with van der Waals surface area (Å²) in [4.78, 5) is 0. The van der Waals surface area contributed by atoms with Gasteiger partial charge in [-0.25, -0.2) is 0 Å². The molecule has 0 radical (unpaired) electrons. The van der Waals surface area contributed by atoms with Crippen LogP contribution in [-0.4, -0.2) is 10.2 Å². The predicted molar refractivity (Wildman–Crippen MR) is 120 cm³/mol. The number of hydrogen-bond donors (Lipinski definition) is 2. The number of aromatic hydroxyl groups is 2. The molecule has 2 nitrogen and oxygen atoms in total. The highest BCUT2D eigenvalue weighted by molar-refractivity contribution is 5.55. The second-order valence-corrected chi connectivity index (χ2v) is 9.28. The third kappa shape index (κ3) is 4.37. The van der Waals surface area contributed by atoms with E-state index in [2.05, 4.69) is 79.7 Å². The molecule has 2 rings (SSSR count). The fraction of sp³-hybridized carbons (Fsp3) is 0.538. The van der Waals surface area contributed by atoms with Crippen LogP contribution in [0.1, 0.15) is 107 Å². The first-order valence-electron chi connectivity index (χ1n) is 10.8. The Morgan fingerprint density at radius 3 is 1.64 bits per heavy atom. The molecule has 0 aliphatic carbocycles. The normalized spacial score (nSPS) is 13.2. The van der Waals surface area contributed by atoms with Crippen LogP contribution in [0.2, 0.25) is 0 Å². The van der Waals surface area contributed by atoms with Gasteiger partial charge in [0.1, 0.15) is 11.5 Å². The van der Waals surface area contributed by atoms with E-state index in [1.54, 1.807) is 0 Å². The minimum Gasteiger partial charge on any atom is -0.507 e. The van der Waals surface area contributed by atoms with Crippen molar-refractivity contribution in [3.8, 4) is 11.5 Å². The lowest BCUT2D eigenvalue weighted by Gasteiger charge is -2.27. The predicted octanol–water partition coefficient (Wildman–Crippen LogP) is 7.19. The molecule has 0 spiro atoms. The fourth-order valence-corrected chi connectivity index (χ4v) is 4.02. The summed E-state index contributed by atoms with van der Waals surface area (Å²) in [6.07, 6.45) is 2.67. The van der Waals surface area contributed by atoms with E-state index in [0.29, 0.717) is 11.5 Å². The molecule has 0 bridgehead atoms. The van der Waals surface area contributed by atoms with Crippen LogP contribution in [0.5, 0.6) is 11.5 Å². The number of benzene rings is 2. The van der Waals surface area contributed by atoms with Crippen molar-refractivity contribution in [2.24, 2.45) is 0 Å². The van der Waals surface area contributed by atoms with E-state index >= 15 is 0 Å². The minimum atomic E-state index is -0.140. The van der Waals surface area contributed by atoms with Gasteiger partial charge >= 0.3 is 0 Å². The van der Waals surface area contributed by atoms with Gasteiger partial charge in [-0.05, 0) is 52.8 Å². The second kappa shape index (κ2) is 8.59. The van der Waals surface area contributed by atoms with E-state index in [9.17, 15) is 10.2 Å². The summed E-state index contributed by atoms with van der Waals surface area (Å²) >= 11 is 0. The van der Waals surface area contributed by atoms with E-state index in [1.807, 2.05) is 0 Å². The van der Waals surface area contributed by atoms with E-state index in [0.717, 1.165) is 41.5 Å². The number of aryl methyl sites for hydroxylation is 2. The first-order chi connectivity index (χ1) is 13.0. The smallest absolute Gasteiger partial charge is 0.123 e. The van der Waals surface area contributed by atoms with Crippen LogP contribution in [0.25, 0.3) is 0 Å². The van der Waals surface area contributed by atoms with Crippen LogP contribution in [0.15, 0.2) is 24.3 Å². The van der Waals surface area contributed by atoms with E-state index < -0.39 is 0 Å². The summed E-state index contributed by atoms with van der Waals surface area (Å²) in [5, 5.41) is 22.3. The molecule has 154 valence electrons. The van der Waals surface area contributed by atoms with Crippen LogP contribution >= 0.6 is 0 Å². The molecule has 1 atom stereocenters. The second-order valence-electron chi connectivity index (χ2n) is 9.28. The Morgan fingerprint density at radius 1 is 0.750 bits per heavy atom. The van der Waals surface area contributed by atoms with Gasteiger partial charge in [0.15, 0.2) is 0 Å². The van der Waals surface area contributed by atoms with Gasteiger partial charge in [0.05, 0.1) is 0 Å². The lowest BCUT2D eigenvalue weighted by Crippen LogP contribution is -2.14. The van der Waals surface area contributed by atoms with Crippen molar-refractivity contribution < 1.29 is 10.2 Å². The largest absolute Gasteiger partial charge is 0.507 e. The molecule has 0 fully saturated rings. The molecule has 0 heterocycles. The highest BCUT2D eigenvalue weighted by Crippen LogP contribution is 2.45. The Bertz CT molecular complexity index is 825. The van der Waals surface area contributed by atoms with Crippen LogP contribution in [0.3, 0.4) is 0 Å². The zero-order valence-electron chi connectivity index (χ0n) is 19.0. The van der Waals surface area contributed by atoms with Crippen molar-refractivity contribution in [1.29, 1.82) is 0 Å². The highest BCUT2D eigenvalue weighted by atomic mass is 16.3. The van der Waals surface area contributed by atoms with Crippen molar-refractivity contribution in [2.45, 2.75) is 91.9 Å². The first-order valence-corrected chi connectivity index (χ1v) is 10.8. The third-order valence-electron chi connectivity index (χ3n) is 5.83. The van der Waals surface area contributed by atoms with Gasteiger partial charge in [-0.1, -0.05) is 79.7 Å². The number of phenolic OH excluding ortho intramolecular Hbond substituents is 2. The van der Waals surface area contributed by atoms with Crippen molar-refractivity contribution in [2.75, 3.05) is 0 Å². The SMILES string of the molecule is CCc1cc(C(C)C)c(O)c(C(CC)c2cc(CC)cc(C(C)(C)C)c2O)c1. The lowest BCUT2D eigenvalue weighted by molar-refractivity contribution is 0.431. The van der Waals surface area contributed by atoms with Gasteiger partial charge in [0.25, 0.3) is 0 Å². The Hall–Kier alpha value is -1.96. The van der Waals surface area contributed by atoms with Crippen molar-refractivity contribution >= 4 is 0 Å². The van der Waals surface area contributed by atoms with Crippen LogP contribution in [0, 0.1) is 0 Å². The standard InChI is InChI=1S/C26H38O2/c1-9-17-12-20(16(4)5)24(27)21(13-17)19(11-3)22-14-18(10-2)15-23(25(22)28)26(6,7)8/h12-16,19,27-28H,9-11H2,1-8H3. The minimum absolute atomic E-state index is 0.0309. The third-order valence-corrected chi connectivity index (χ3v) is 5.83. The number of rotatable bonds is 6. The molecule has 0 aromatic heterocycles. The summed E-state index contributed by atoms with van der Waals surface area (Å²) in [5.41, 5.74) is 6.17. The number of phenols is 2. The van der Waals surface area contributed by atoms with E-state index in [-0.39, 0.29) is 17.3 Å². The maximum absolute atomic E-state index is 11.2. The average Bonchev–Trinajstić information content (AvgIpc) is 2.63. The maximum atomic E-state index is 11.2. The van der Waals surface area contributed by atoms with Crippen molar-refractivity contribution in [3.63, 3.8) is 0 Å². The van der Waals surface area contributed by atoms with Gasteiger partial charge in [-0.2, -0.15) is 0 Å². The van der Waals surface area contributed by atoms with Crippen molar-refractivity contribution in [3.05, 3.63) is 57.6 Å². The molecule has 1 unspecified atom stereocenters. The van der Waals surface area contributed by atoms with E-state index in [1.165, 1.54) is 11.1 Å². The lowest BCUT2D eigenvalue weighted by atomic mass is 9.78. The summed E-state index contributed by atoms with van der Waals surface area (Å²) in [6, 6.07) is 8.52. The first kappa shape index (κ1) is 22.3. The molecule has 0 aliphatic heterocycles. The average molecular weight is 383 g/mol. The molecule has 2 N–H and O–H groups in total. The topological polar surface area (TPSA) is 40.5 Å². The Kier molecular flexibility index (Phi) is 6.85. The molecule has 2 aromatic rings. The Labute approximate surface area is 171 Å². The molecule has 28 heavy (non-hydrogen) atoms. The molecule has 0 aliphatic rings. The summed E-state index contributed by atoms with van der Waals surface area (Å²) in [7, 11) is 0. The van der Waals surface area contributed by atoms with Gasteiger partial charge in [0, 0.05) is 17.0 Å². The van der Waals surface area contributed by atoms with Gasteiger partial charge < -0.3 is 10.2 Å². The zero-order valence-corrected chi connectivity index (χ0v) is 19.0. The van der Waals surface area contributed by atoms with Gasteiger partial charge in [-0.3, -0.25) is 0 Å². The Morgan fingerprint density at radius 2 is 1.21 bits per heavy atom. The monoisotopic (exact) mass is 382 g/mol. The van der Waals surface area contributed by atoms with Crippen molar-refractivity contribution in [1.82, 2.24) is 0 Å². The van der Waals surface area contributed by atoms with Gasteiger partial charge in [0.2, 0.25) is 0 Å². The fourth-order valence-electron chi connectivity index (χ4n) is 4.02. The molecule has 0 amide bonds. The van der Waals surface area contributed by atoms with Crippen LogP contribution < -0.4 is 0 Å². The zero-order chi connectivity index (χ0) is 21.2. The van der Waals surface area contributed by atoms with Crippen LogP contribution in [-0.2, 0) is 18.3 Å². The molecule has 0 saturated heterocycles.